The van der Waals surface area contributed by atoms with E-state index in [1.54, 1.807) is 36.9 Å². The minimum atomic E-state index is -0.549. The summed E-state index contributed by atoms with van der Waals surface area (Å²) in [4.78, 5) is 24.5. The number of aryl methyl sites for hydroxylation is 2. The highest BCUT2D eigenvalue weighted by Crippen LogP contribution is 2.17. The number of hydrogen-bond donors (Lipinski definition) is 1. The largest absolute Gasteiger partial charge is 0.458 e. The van der Waals surface area contributed by atoms with Gasteiger partial charge in [-0.2, -0.15) is 5.10 Å². The molecule has 0 aliphatic heterocycles. The maximum Gasteiger partial charge on any atom is 0.361 e. The number of rotatable bonds is 5. The first kappa shape index (κ1) is 16.7. The molecule has 6 heteroatoms. The van der Waals surface area contributed by atoms with E-state index in [1.165, 1.54) is 0 Å². The molecular formula is C17H21N3O3. The number of hydrogen-bond acceptors (Lipinski definition) is 4. The fourth-order valence-electron chi connectivity index (χ4n) is 2.08. The first-order valence-electron chi connectivity index (χ1n) is 7.57. The summed E-state index contributed by atoms with van der Waals surface area (Å²) in [6.07, 6.45) is 1.37. The quantitative estimate of drug-likeness (QED) is 0.861. The average molecular weight is 315 g/mol. The normalized spacial score (nSPS) is 10.7. The molecule has 0 aliphatic carbocycles. The lowest BCUT2D eigenvalue weighted by molar-refractivity contribution is 0.0371. The van der Waals surface area contributed by atoms with Crippen LogP contribution in [0, 0.1) is 6.92 Å². The van der Waals surface area contributed by atoms with Crippen LogP contribution in [0.5, 0.6) is 0 Å². The van der Waals surface area contributed by atoms with E-state index >= 15 is 0 Å². The lowest BCUT2D eigenvalue weighted by atomic mass is 10.1. The Balaban J connectivity index is 2.26. The van der Waals surface area contributed by atoms with Crippen molar-refractivity contribution in [2.45, 2.75) is 40.3 Å². The number of carbonyl (C=O) groups excluding carboxylic acids is 2. The Morgan fingerprint density at radius 2 is 2.09 bits per heavy atom. The summed E-state index contributed by atoms with van der Waals surface area (Å²) in [7, 11) is 0. The summed E-state index contributed by atoms with van der Waals surface area (Å²) in [5, 5.41) is 6.91. The van der Waals surface area contributed by atoms with Crippen molar-refractivity contribution >= 4 is 17.6 Å². The number of nitrogens with one attached hydrogen (secondary N) is 1. The Morgan fingerprint density at radius 1 is 1.35 bits per heavy atom. The van der Waals surface area contributed by atoms with Crippen molar-refractivity contribution in [3.05, 3.63) is 47.3 Å². The number of aromatic nitrogens is 2. The van der Waals surface area contributed by atoms with Crippen LogP contribution in [-0.4, -0.2) is 27.8 Å². The van der Waals surface area contributed by atoms with E-state index in [0.717, 1.165) is 5.56 Å². The fraction of sp³-hybridized carbons (Fsp3) is 0.353. The molecule has 1 amide bonds. The predicted octanol–water partition coefficient (Wildman–Crippen LogP) is 3.03. The fourth-order valence-corrected chi connectivity index (χ4v) is 2.08. The molecule has 0 radical (unpaired) electrons. The van der Waals surface area contributed by atoms with Crippen molar-refractivity contribution in [2.24, 2.45) is 0 Å². The van der Waals surface area contributed by atoms with Crippen molar-refractivity contribution in [2.75, 3.05) is 5.32 Å². The van der Waals surface area contributed by atoms with Crippen LogP contribution in [0.4, 0.5) is 5.69 Å². The summed E-state index contributed by atoms with van der Waals surface area (Å²) < 4.78 is 6.76. The number of carbonyl (C=O) groups is 2. The van der Waals surface area contributed by atoms with Crippen molar-refractivity contribution in [3.8, 4) is 0 Å². The van der Waals surface area contributed by atoms with Gasteiger partial charge in [-0.3, -0.25) is 9.48 Å². The van der Waals surface area contributed by atoms with E-state index < -0.39 is 5.97 Å². The van der Waals surface area contributed by atoms with Gasteiger partial charge in [-0.15, -0.1) is 0 Å². The molecule has 1 heterocycles. The van der Waals surface area contributed by atoms with Gasteiger partial charge in [-0.25, -0.2) is 4.79 Å². The molecule has 1 aromatic carbocycles. The van der Waals surface area contributed by atoms with Crippen molar-refractivity contribution < 1.29 is 14.3 Å². The number of amides is 1. The predicted molar refractivity (Wildman–Crippen MR) is 87.6 cm³/mol. The van der Waals surface area contributed by atoms with Crippen LogP contribution in [0.15, 0.2) is 30.5 Å². The zero-order chi connectivity index (χ0) is 17.0. The molecule has 0 atom stereocenters. The highest BCUT2D eigenvalue weighted by molar-refractivity contribution is 6.07. The molecule has 122 valence electrons. The van der Waals surface area contributed by atoms with Gasteiger partial charge in [0.25, 0.3) is 5.91 Å². The van der Waals surface area contributed by atoms with Gasteiger partial charge in [0, 0.05) is 18.3 Å². The number of anilines is 1. The zero-order valence-electron chi connectivity index (χ0n) is 13.8. The summed E-state index contributed by atoms with van der Waals surface area (Å²) >= 11 is 0. The lowest BCUT2D eigenvalue weighted by Crippen LogP contribution is -2.17. The van der Waals surface area contributed by atoms with E-state index in [1.807, 2.05) is 26.0 Å². The first-order chi connectivity index (χ1) is 10.9. The Kier molecular flexibility index (Phi) is 5.16. The van der Waals surface area contributed by atoms with E-state index in [9.17, 15) is 9.59 Å². The summed E-state index contributed by atoms with van der Waals surface area (Å²) in [6, 6.07) is 7.23. The van der Waals surface area contributed by atoms with Crippen LogP contribution in [0.1, 0.15) is 47.2 Å². The molecule has 2 aromatic rings. The van der Waals surface area contributed by atoms with Crippen LogP contribution in [0.2, 0.25) is 0 Å². The van der Waals surface area contributed by atoms with Gasteiger partial charge in [0.15, 0.2) is 5.69 Å². The highest BCUT2D eigenvalue weighted by atomic mass is 16.5. The molecule has 0 unspecified atom stereocenters. The molecule has 0 bridgehead atoms. The van der Waals surface area contributed by atoms with Gasteiger partial charge >= 0.3 is 5.97 Å². The van der Waals surface area contributed by atoms with Gasteiger partial charge in [0.1, 0.15) is 0 Å². The molecule has 0 aliphatic rings. The van der Waals surface area contributed by atoms with Gasteiger partial charge in [-0.1, -0.05) is 17.7 Å². The standard InChI is InChI=1S/C17H21N3O3/c1-5-20-10-14(15(19-20)17(22)23-11(2)3)18-16(21)13-8-6-7-12(4)9-13/h6-11H,5H2,1-4H3,(H,18,21). The molecule has 0 saturated heterocycles. The third-order valence-corrected chi connectivity index (χ3v) is 3.15. The minimum absolute atomic E-state index is 0.113. The van der Waals surface area contributed by atoms with Gasteiger partial charge in [0.2, 0.25) is 0 Å². The Bertz CT molecular complexity index is 720. The molecule has 2 rings (SSSR count). The zero-order valence-corrected chi connectivity index (χ0v) is 13.8. The second kappa shape index (κ2) is 7.09. The van der Waals surface area contributed by atoms with E-state index in [4.69, 9.17) is 4.74 Å². The molecular weight excluding hydrogens is 294 g/mol. The summed E-state index contributed by atoms with van der Waals surface area (Å²) in [6.45, 7) is 7.93. The average Bonchev–Trinajstić information content (AvgIpc) is 2.89. The molecule has 0 spiro atoms. The molecule has 0 saturated carbocycles. The van der Waals surface area contributed by atoms with Crippen LogP contribution in [-0.2, 0) is 11.3 Å². The number of ether oxygens (including phenoxy) is 1. The van der Waals surface area contributed by atoms with Gasteiger partial charge in [-0.05, 0) is 39.8 Å². The second-order valence-corrected chi connectivity index (χ2v) is 5.52. The number of esters is 1. The Morgan fingerprint density at radius 3 is 2.70 bits per heavy atom. The number of benzene rings is 1. The van der Waals surface area contributed by atoms with Crippen LogP contribution >= 0.6 is 0 Å². The topological polar surface area (TPSA) is 73.2 Å². The van der Waals surface area contributed by atoms with Crippen LogP contribution in [0.25, 0.3) is 0 Å². The first-order valence-corrected chi connectivity index (χ1v) is 7.57. The summed E-state index contributed by atoms with van der Waals surface area (Å²) in [5.74, 6) is -0.838. The molecule has 6 nitrogen and oxygen atoms in total. The van der Waals surface area contributed by atoms with Gasteiger partial charge < -0.3 is 10.1 Å². The third kappa shape index (κ3) is 4.18. The maximum absolute atomic E-state index is 12.4. The van der Waals surface area contributed by atoms with Crippen molar-refractivity contribution in [1.82, 2.24) is 9.78 Å². The molecule has 23 heavy (non-hydrogen) atoms. The molecule has 1 aromatic heterocycles. The highest BCUT2D eigenvalue weighted by Gasteiger charge is 2.21. The lowest BCUT2D eigenvalue weighted by Gasteiger charge is -2.08. The third-order valence-electron chi connectivity index (χ3n) is 3.15. The Hall–Kier alpha value is -2.63. The van der Waals surface area contributed by atoms with Crippen molar-refractivity contribution in [3.63, 3.8) is 0 Å². The second-order valence-electron chi connectivity index (χ2n) is 5.52. The van der Waals surface area contributed by atoms with E-state index in [-0.39, 0.29) is 17.7 Å². The molecule has 0 fully saturated rings. The summed E-state index contributed by atoms with van der Waals surface area (Å²) in [5.41, 5.74) is 1.98. The maximum atomic E-state index is 12.4. The van der Waals surface area contributed by atoms with Crippen molar-refractivity contribution in [1.29, 1.82) is 0 Å². The van der Waals surface area contributed by atoms with E-state index in [2.05, 4.69) is 10.4 Å². The van der Waals surface area contributed by atoms with Gasteiger partial charge in [0.05, 0.1) is 11.8 Å². The van der Waals surface area contributed by atoms with E-state index in [0.29, 0.717) is 17.8 Å². The molecule has 1 N–H and O–H groups in total. The van der Waals surface area contributed by atoms with Crippen LogP contribution in [0.3, 0.4) is 0 Å². The Labute approximate surface area is 135 Å². The minimum Gasteiger partial charge on any atom is -0.458 e. The van der Waals surface area contributed by atoms with Crippen LogP contribution < -0.4 is 5.32 Å². The number of nitrogens with zero attached hydrogens (tertiary/aromatic N) is 2. The smallest absolute Gasteiger partial charge is 0.361 e. The monoisotopic (exact) mass is 315 g/mol. The SMILES string of the molecule is CCn1cc(NC(=O)c2cccc(C)c2)c(C(=O)OC(C)C)n1.